The molecule has 0 radical (unpaired) electrons. The molecule has 0 amide bonds. The Morgan fingerprint density at radius 2 is 2.19 bits per heavy atom. The predicted octanol–water partition coefficient (Wildman–Crippen LogP) is 3.34. The second kappa shape index (κ2) is 7.51. The minimum Gasteiger partial charge on any atom is -0.319 e. The fourth-order valence-corrected chi connectivity index (χ4v) is 3.60. The Morgan fingerprint density at radius 1 is 1.38 bits per heavy atom. The topological polar surface area (TPSA) is 15.3 Å². The SMILES string of the molecule is CNCC1CCN(CCSc2cccc(C(F)(F)F)c2)C1. The van der Waals surface area contributed by atoms with Gasteiger partial charge >= 0.3 is 6.18 Å². The van der Waals surface area contributed by atoms with Gasteiger partial charge in [-0.3, -0.25) is 0 Å². The summed E-state index contributed by atoms with van der Waals surface area (Å²) in [6.07, 6.45) is -3.05. The van der Waals surface area contributed by atoms with Crippen molar-refractivity contribution in [1.82, 2.24) is 10.2 Å². The van der Waals surface area contributed by atoms with E-state index in [9.17, 15) is 13.2 Å². The van der Waals surface area contributed by atoms with Crippen LogP contribution in [-0.4, -0.2) is 43.9 Å². The molecule has 21 heavy (non-hydrogen) atoms. The van der Waals surface area contributed by atoms with Crippen LogP contribution in [-0.2, 0) is 6.18 Å². The minimum atomic E-state index is -4.26. The molecule has 1 fully saturated rings. The van der Waals surface area contributed by atoms with Crippen molar-refractivity contribution < 1.29 is 13.2 Å². The molecule has 2 nitrogen and oxygen atoms in total. The fraction of sp³-hybridized carbons (Fsp3) is 0.600. The number of alkyl halides is 3. The summed E-state index contributed by atoms with van der Waals surface area (Å²) in [7, 11) is 1.96. The highest BCUT2D eigenvalue weighted by Gasteiger charge is 2.30. The van der Waals surface area contributed by atoms with Crippen LogP contribution in [0.3, 0.4) is 0 Å². The van der Waals surface area contributed by atoms with Crippen molar-refractivity contribution >= 4 is 11.8 Å². The van der Waals surface area contributed by atoms with E-state index in [2.05, 4.69) is 10.2 Å². The van der Waals surface area contributed by atoms with Crippen molar-refractivity contribution in [2.75, 3.05) is 39.0 Å². The maximum absolute atomic E-state index is 12.6. The van der Waals surface area contributed by atoms with Gasteiger partial charge in [-0.15, -0.1) is 11.8 Å². The Kier molecular flexibility index (Phi) is 5.96. The Hall–Kier alpha value is -0.720. The largest absolute Gasteiger partial charge is 0.416 e. The molecule has 0 bridgehead atoms. The molecule has 0 aliphatic carbocycles. The third kappa shape index (κ3) is 5.20. The van der Waals surface area contributed by atoms with Gasteiger partial charge in [-0.2, -0.15) is 13.2 Å². The molecule has 1 aromatic carbocycles. The Balaban J connectivity index is 1.77. The Morgan fingerprint density at radius 3 is 2.90 bits per heavy atom. The molecule has 0 spiro atoms. The van der Waals surface area contributed by atoms with Crippen molar-refractivity contribution in [3.8, 4) is 0 Å². The summed E-state index contributed by atoms with van der Waals surface area (Å²) in [6.45, 7) is 4.15. The summed E-state index contributed by atoms with van der Waals surface area (Å²) in [5.74, 6) is 1.53. The summed E-state index contributed by atoms with van der Waals surface area (Å²) in [6, 6.07) is 5.57. The summed E-state index contributed by atoms with van der Waals surface area (Å²) in [5.41, 5.74) is -0.567. The van der Waals surface area contributed by atoms with E-state index in [1.165, 1.54) is 30.3 Å². The van der Waals surface area contributed by atoms with Crippen LogP contribution < -0.4 is 5.32 Å². The van der Waals surface area contributed by atoms with Crippen LogP contribution in [0.2, 0.25) is 0 Å². The van der Waals surface area contributed by atoms with Gasteiger partial charge in [0.25, 0.3) is 0 Å². The van der Waals surface area contributed by atoms with Gasteiger partial charge in [-0.1, -0.05) is 6.07 Å². The van der Waals surface area contributed by atoms with Crippen LogP contribution >= 0.6 is 11.8 Å². The molecule has 0 aromatic heterocycles. The molecule has 2 rings (SSSR count). The van der Waals surface area contributed by atoms with Crippen molar-refractivity contribution in [2.24, 2.45) is 5.92 Å². The molecule has 6 heteroatoms. The van der Waals surface area contributed by atoms with Gasteiger partial charge in [0.15, 0.2) is 0 Å². The summed E-state index contributed by atoms with van der Waals surface area (Å²) in [5, 5.41) is 3.19. The Bertz CT molecular complexity index is 451. The van der Waals surface area contributed by atoms with E-state index in [1.807, 2.05) is 7.05 Å². The minimum absolute atomic E-state index is 0.567. The lowest BCUT2D eigenvalue weighted by Crippen LogP contribution is -2.26. The molecule has 1 aromatic rings. The van der Waals surface area contributed by atoms with Gasteiger partial charge in [0.2, 0.25) is 0 Å². The molecule has 1 saturated heterocycles. The first kappa shape index (κ1) is 16.6. The highest BCUT2D eigenvalue weighted by Crippen LogP contribution is 2.31. The monoisotopic (exact) mass is 318 g/mol. The lowest BCUT2D eigenvalue weighted by atomic mass is 10.1. The van der Waals surface area contributed by atoms with Crippen molar-refractivity contribution in [3.05, 3.63) is 29.8 Å². The zero-order valence-corrected chi connectivity index (χ0v) is 12.9. The average Bonchev–Trinajstić information content (AvgIpc) is 2.86. The smallest absolute Gasteiger partial charge is 0.319 e. The Labute approximate surface area is 128 Å². The summed E-state index contributed by atoms with van der Waals surface area (Å²) in [4.78, 5) is 3.08. The molecular weight excluding hydrogens is 297 g/mol. The number of nitrogens with one attached hydrogen (secondary N) is 1. The molecule has 1 atom stereocenters. The lowest BCUT2D eigenvalue weighted by molar-refractivity contribution is -0.137. The number of benzene rings is 1. The van der Waals surface area contributed by atoms with E-state index in [1.54, 1.807) is 6.07 Å². The first-order chi connectivity index (χ1) is 9.99. The van der Waals surface area contributed by atoms with Crippen LogP contribution in [0.25, 0.3) is 0 Å². The highest BCUT2D eigenvalue weighted by molar-refractivity contribution is 7.99. The molecule has 1 unspecified atom stereocenters. The number of thioether (sulfide) groups is 1. The zero-order valence-electron chi connectivity index (χ0n) is 12.1. The summed E-state index contributed by atoms with van der Waals surface area (Å²) < 4.78 is 37.9. The molecule has 1 heterocycles. The van der Waals surface area contributed by atoms with Gasteiger partial charge in [0.1, 0.15) is 0 Å². The zero-order chi connectivity index (χ0) is 15.3. The van der Waals surface area contributed by atoms with E-state index in [0.717, 1.165) is 38.0 Å². The maximum atomic E-state index is 12.6. The van der Waals surface area contributed by atoms with E-state index in [-0.39, 0.29) is 0 Å². The van der Waals surface area contributed by atoms with Crippen LogP contribution in [0.1, 0.15) is 12.0 Å². The van der Waals surface area contributed by atoms with Gasteiger partial charge < -0.3 is 10.2 Å². The maximum Gasteiger partial charge on any atom is 0.416 e. The van der Waals surface area contributed by atoms with Gasteiger partial charge in [-0.05, 0) is 50.7 Å². The van der Waals surface area contributed by atoms with Crippen LogP contribution in [0.4, 0.5) is 13.2 Å². The lowest BCUT2D eigenvalue weighted by Gasteiger charge is -2.16. The predicted molar refractivity (Wildman–Crippen MR) is 80.6 cm³/mol. The third-order valence-corrected chi connectivity index (χ3v) is 4.67. The average molecular weight is 318 g/mol. The number of likely N-dealkylation sites (tertiary alicyclic amines) is 1. The number of nitrogens with zero attached hydrogens (tertiary/aromatic N) is 1. The second-order valence-electron chi connectivity index (χ2n) is 5.39. The quantitative estimate of drug-likeness (QED) is 0.810. The number of rotatable bonds is 6. The molecule has 1 aliphatic heterocycles. The van der Waals surface area contributed by atoms with Crippen LogP contribution in [0.5, 0.6) is 0 Å². The van der Waals surface area contributed by atoms with Gasteiger partial charge in [0.05, 0.1) is 5.56 Å². The number of hydrogen-bond donors (Lipinski definition) is 1. The van der Waals surface area contributed by atoms with Crippen molar-refractivity contribution in [3.63, 3.8) is 0 Å². The fourth-order valence-electron chi connectivity index (χ4n) is 2.63. The van der Waals surface area contributed by atoms with E-state index in [4.69, 9.17) is 0 Å². The first-order valence-electron chi connectivity index (χ1n) is 7.16. The number of halogens is 3. The first-order valence-corrected chi connectivity index (χ1v) is 8.14. The normalized spacial score (nSPS) is 20.1. The second-order valence-corrected chi connectivity index (χ2v) is 6.56. The van der Waals surface area contributed by atoms with Gasteiger partial charge in [-0.25, -0.2) is 0 Å². The highest BCUT2D eigenvalue weighted by atomic mass is 32.2. The molecule has 1 N–H and O–H groups in total. The standard InChI is InChI=1S/C15H21F3N2S/c1-19-10-12-5-6-20(11-12)7-8-21-14-4-2-3-13(9-14)15(16,17)18/h2-4,9,12,19H,5-8,10-11H2,1H3. The van der Waals surface area contributed by atoms with E-state index in [0.29, 0.717) is 10.8 Å². The van der Waals surface area contributed by atoms with E-state index >= 15 is 0 Å². The molecular formula is C15H21F3N2S. The molecule has 118 valence electrons. The van der Waals surface area contributed by atoms with Gasteiger partial charge in [0, 0.05) is 23.7 Å². The molecule has 0 saturated carbocycles. The number of hydrogen-bond acceptors (Lipinski definition) is 3. The summed E-state index contributed by atoms with van der Waals surface area (Å²) >= 11 is 1.49. The van der Waals surface area contributed by atoms with Crippen LogP contribution in [0, 0.1) is 5.92 Å². The van der Waals surface area contributed by atoms with E-state index < -0.39 is 11.7 Å². The molecule has 1 aliphatic rings. The van der Waals surface area contributed by atoms with Crippen molar-refractivity contribution in [2.45, 2.75) is 17.5 Å². The van der Waals surface area contributed by atoms with Crippen LogP contribution in [0.15, 0.2) is 29.2 Å². The van der Waals surface area contributed by atoms with Crippen molar-refractivity contribution in [1.29, 1.82) is 0 Å². The third-order valence-electron chi connectivity index (χ3n) is 3.70.